The molecular weight excluding hydrogens is 345 g/mol. The molecule has 0 fully saturated rings. The summed E-state index contributed by atoms with van der Waals surface area (Å²) >= 11 is 0. The molecule has 10 heteroatoms. The monoisotopic (exact) mass is 362 g/mol. The molecule has 0 aliphatic carbocycles. The maximum Gasteiger partial charge on any atom is 0.411 e. The largest absolute Gasteiger partial charge is 0.450 e. The number of nitrogens with one attached hydrogen (secondary N) is 2. The van der Waals surface area contributed by atoms with Crippen LogP contribution in [0.1, 0.15) is 24.2 Å². The van der Waals surface area contributed by atoms with Crippen molar-refractivity contribution >= 4 is 23.7 Å². The van der Waals surface area contributed by atoms with E-state index < -0.39 is 36.8 Å². The molecule has 0 spiro atoms. The van der Waals surface area contributed by atoms with Crippen LogP contribution in [0.15, 0.2) is 24.3 Å². The number of rotatable bonds is 6. The maximum atomic E-state index is 12.0. The van der Waals surface area contributed by atoms with Gasteiger partial charge in [-0.2, -0.15) is 13.2 Å². The first kappa shape index (κ1) is 20.3. The number of hydrogen-bond donors (Lipinski definition) is 2. The lowest BCUT2D eigenvalue weighted by Crippen LogP contribution is -2.40. The molecule has 1 rings (SSSR count). The zero-order chi connectivity index (χ0) is 19.0. The van der Waals surface area contributed by atoms with Crippen molar-refractivity contribution in [1.29, 1.82) is 0 Å². The molecule has 0 bridgehead atoms. The van der Waals surface area contributed by atoms with Crippen LogP contribution in [0, 0.1) is 0 Å². The van der Waals surface area contributed by atoms with E-state index in [0.29, 0.717) is 0 Å². The Morgan fingerprint density at radius 2 is 1.92 bits per heavy atom. The summed E-state index contributed by atoms with van der Waals surface area (Å²) in [5.74, 6) is -2.01. The van der Waals surface area contributed by atoms with E-state index >= 15 is 0 Å². The second-order valence-corrected chi connectivity index (χ2v) is 4.81. The molecule has 138 valence electrons. The summed E-state index contributed by atoms with van der Waals surface area (Å²) in [6, 6.07) is 5.58. The van der Waals surface area contributed by atoms with Gasteiger partial charge in [-0.3, -0.25) is 10.1 Å². The third-order valence-electron chi connectivity index (χ3n) is 2.74. The molecule has 7 nitrogen and oxygen atoms in total. The Balaban J connectivity index is 2.64. The zero-order valence-electron chi connectivity index (χ0n) is 13.5. The lowest BCUT2D eigenvalue weighted by Gasteiger charge is -2.15. The fourth-order valence-corrected chi connectivity index (χ4v) is 1.62. The quantitative estimate of drug-likeness (QED) is 0.759. The van der Waals surface area contributed by atoms with E-state index in [2.05, 4.69) is 10.1 Å². The summed E-state index contributed by atoms with van der Waals surface area (Å²) in [7, 11) is 0. The van der Waals surface area contributed by atoms with E-state index in [0.717, 1.165) is 6.92 Å². The van der Waals surface area contributed by atoms with Crippen molar-refractivity contribution in [1.82, 2.24) is 5.32 Å². The first-order chi connectivity index (χ1) is 11.6. The minimum atomic E-state index is -4.56. The van der Waals surface area contributed by atoms with Crippen LogP contribution in [0.2, 0.25) is 0 Å². The number of hydrogen-bond acceptors (Lipinski definition) is 5. The van der Waals surface area contributed by atoms with Crippen molar-refractivity contribution < 1.29 is 37.0 Å². The Morgan fingerprint density at radius 1 is 1.24 bits per heavy atom. The summed E-state index contributed by atoms with van der Waals surface area (Å²) in [5.41, 5.74) is 0.256. The number of carbonyl (C=O) groups excluding carboxylic acids is 3. The van der Waals surface area contributed by atoms with Crippen LogP contribution in [0.3, 0.4) is 0 Å². The molecule has 2 amide bonds. The molecule has 1 aromatic carbocycles. The lowest BCUT2D eigenvalue weighted by molar-refractivity contribution is -0.143. The molecule has 0 saturated carbocycles. The molecule has 0 aromatic heterocycles. The third-order valence-corrected chi connectivity index (χ3v) is 2.74. The molecule has 0 radical (unpaired) electrons. The number of alkyl halides is 3. The highest BCUT2D eigenvalue weighted by Gasteiger charge is 2.29. The van der Waals surface area contributed by atoms with Gasteiger partial charge in [0.2, 0.25) is 0 Å². The standard InChI is InChI=1S/C15H17F3N2O5/c1-3-24-14(23)20-11-6-4-5-10(7-11)13(22)25-9(2)12(21)19-8-15(16,17)18/h4-7,9H,3,8H2,1-2H3,(H,19,21)(H,20,23)/t9-/m1/s1. The first-order valence-corrected chi connectivity index (χ1v) is 7.21. The topological polar surface area (TPSA) is 93.7 Å². The fraction of sp³-hybridized carbons (Fsp3) is 0.400. The SMILES string of the molecule is CCOC(=O)Nc1cccc(C(=O)O[C@H](C)C(=O)NCC(F)(F)F)c1. The smallest absolute Gasteiger partial charge is 0.411 e. The Hall–Kier alpha value is -2.78. The molecule has 0 saturated heterocycles. The van der Waals surface area contributed by atoms with E-state index in [1.807, 2.05) is 0 Å². The number of halogens is 3. The minimum Gasteiger partial charge on any atom is -0.450 e. The predicted molar refractivity (Wildman–Crippen MR) is 81.0 cm³/mol. The van der Waals surface area contributed by atoms with Gasteiger partial charge in [0, 0.05) is 5.69 Å². The van der Waals surface area contributed by atoms with Crippen molar-refractivity contribution in [2.24, 2.45) is 0 Å². The third kappa shape index (κ3) is 7.55. The van der Waals surface area contributed by atoms with Crippen molar-refractivity contribution in [3.05, 3.63) is 29.8 Å². The molecule has 1 aromatic rings. The number of carbonyl (C=O) groups is 3. The Morgan fingerprint density at radius 3 is 2.52 bits per heavy atom. The summed E-state index contributed by atoms with van der Waals surface area (Å²) in [4.78, 5) is 34.8. The lowest BCUT2D eigenvalue weighted by atomic mass is 10.2. The van der Waals surface area contributed by atoms with E-state index in [1.54, 1.807) is 12.2 Å². The molecular formula is C15H17F3N2O5. The average molecular weight is 362 g/mol. The van der Waals surface area contributed by atoms with E-state index in [4.69, 9.17) is 4.74 Å². The second-order valence-electron chi connectivity index (χ2n) is 4.81. The van der Waals surface area contributed by atoms with Crippen molar-refractivity contribution in [3.63, 3.8) is 0 Å². The van der Waals surface area contributed by atoms with Crippen molar-refractivity contribution in [2.45, 2.75) is 26.1 Å². The molecule has 1 atom stereocenters. The molecule has 0 unspecified atom stereocenters. The highest BCUT2D eigenvalue weighted by Crippen LogP contribution is 2.14. The number of amides is 2. The van der Waals surface area contributed by atoms with Crippen LogP contribution in [0.4, 0.5) is 23.7 Å². The van der Waals surface area contributed by atoms with Gasteiger partial charge in [0.05, 0.1) is 12.2 Å². The van der Waals surface area contributed by atoms with Crippen molar-refractivity contribution in [3.8, 4) is 0 Å². The Kier molecular flexibility index (Phi) is 7.22. The van der Waals surface area contributed by atoms with Crippen molar-refractivity contribution in [2.75, 3.05) is 18.5 Å². The van der Waals surface area contributed by atoms with Gasteiger partial charge in [-0.1, -0.05) is 6.07 Å². The van der Waals surface area contributed by atoms with Gasteiger partial charge in [0.15, 0.2) is 6.10 Å². The van der Waals surface area contributed by atoms with Gasteiger partial charge in [-0.15, -0.1) is 0 Å². The van der Waals surface area contributed by atoms with Crippen LogP contribution < -0.4 is 10.6 Å². The summed E-state index contributed by atoms with van der Waals surface area (Å²) < 4.78 is 45.6. The fourth-order valence-electron chi connectivity index (χ4n) is 1.62. The molecule has 0 heterocycles. The Labute approximate surface area is 141 Å². The number of esters is 1. The molecule has 0 aliphatic heterocycles. The van der Waals surface area contributed by atoms with Gasteiger partial charge >= 0.3 is 18.2 Å². The van der Waals surface area contributed by atoms with Crippen LogP contribution in [0.5, 0.6) is 0 Å². The van der Waals surface area contributed by atoms with Gasteiger partial charge in [0.25, 0.3) is 5.91 Å². The van der Waals surface area contributed by atoms with E-state index in [9.17, 15) is 27.6 Å². The van der Waals surface area contributed by atoms with Gasteiger partial charge in [-0.25, -0.2) is 9.59 Å². The predicted octanol–water partition coefficient (Wildman–Crippen LogP) is 2.48. The summed E-state index contributed by atoms with van der Waals surface area (Å²) in [6.07, 6.45) is -6.70. The number of anilines is 1. The highest BCUT2D eigenvalue weighted by atomic mass is 19.4. The first-order valence-electron chi connectivity index (χ1n) is 7.21. The summed E-state index contributed by atoms with van der Waals surface area (Å²) in [5, 5.41) is 3.99. The van der Waals surface area contributed by atoms with E-state index in [1.165, 1.54) is 24.3 Å². The number of benzene rings is 1. The molecule has 2 N–H and O–H groups in total. The van der Waals surface area contributed by atoms with Gasteiger partial charge < -0.3 is 14.8 Å². The van der Waals surface area contributed by atoms with E-state index in [-0.39, 0.29) is 17.9 Å². The highest BCUT2D eigenvalue weighted by molar-refractivity contribution is 5.94. The maximum absolute atomic E-state index is 12.0. The Bertz CT molecular complexity index is 634. The average Bonchev–Trinajstić information content (AvgIpc) is 2.52. The van der Waals surface area contributed by atoms with Crippen LogP contribution in [-0.4, -0.2) is 43.4 Å². The number of ether oxygens (including phenoxy) is 2. The molecule has 25 heavy (non-hydrogen) atoms. The van der Waals surface area contributed by atoms with Gasteiger partial charge in [-0.05, 0) is 32.0 Å². The van der Waals surface area contributed by atoms with Crippen LogP contribution >= 0.6 is 0 Å². The van der Waals surface area contributed by atoms with Crippen LogP contribution in [-0.2, 0) is 14.3 Å². The van der Waals surface area contributed by atoms with Gasteiger partial charge in [0.1, 0.15) is 6.54 Å². The molecule has 0 aliphatic rings. The zero-order valence-corrected chi connectivity index (χ0v) is 13.5. The minimum absolute atomic E-state index is 0.00442. The van der Waals surface area contributed by atoms with Crippen LogP contribution in [0.25, 0.3) is 0 Å². The second kappa shape index (κ2) is 8.90. The summed E-state index contributed by atoms with van der Waals surface area (Å²) in [6.45, 7) is 1.41. The normalized spacial score (nSPS) is 12.0.